The number of hydrogen-bond acceptors (Lipinski definition) is 7. The zero-order valence-corrected chi connectivity index (χ0v) is 20.6. The van der Waals surface area contributed by atoms with E-state index >= 15 is 0 Å². The summed E-state index contributed by atoms with van der Waals surface area (Å²) in [6.07, 6.45) is 3.09. The average molecular weight is 508 g/mol. The maximum absolute atomic E-state index is 13.0. The van der Waals surface area contributed by atoms with Crippen LogP contribution in [0.4, 0.5) is 5.69 Å². The Labute approximate surface area is 210 Å². The fourth-order valence-corrected chi connectivity index (χ4v) is 4.31. The average Bonchev–Trinajstić information content (AvgIpc) is 3.59. The van der Waals surface area contributed by atoms with E-state index in [4.69, 9.17) is 4.42 Å². The first-order valence-electron chi connectivity index (χ1n) is 11.0. The molecule has 0 bridgehead atoms. The quantitative estimate of drug-likeness (QED) is 0.249. The smallest absolute Gasteiger partial charge is 0.295 e. The summed E-state index contributed by atoms with van der Waals surface area (Å²) in [4.78, 5) is 37.9. The van der Waals surface area contributed by atoms with E-state index in [1.165, 1.54) is 22.7 Å². The van der Waals surface area contributed by atoms with Crippen molar-refractivity contribution in [1.29, 1.82) is 0 Å². The summed E-state index contributed by atoms with van der Waals surface area (Å²) in [5.74, 6) is -0.0263. The van der Waals surface area contributed by atoms with E-state index < -0.39 is 0 Å². The Morgan fingerprint density at radius 2 is 1.94 bits per heavy atom. The van der Waals surface area contributed by atoms with E-state index in [1.54, 1.807) is 41.4 Å². The zero-order valence-electron chi connectivity index (χ0n) is 19.8. The first-order chi connectivity index (χ1) is 17.4. The van der Waals surface area contributed by atoms with Crippen LogP contribution >= 0.6 is 11.8 Å². The van der Waals surface area contributed by atoms with Crippen molar-refractivity contribution in [3.8, 4) is 5.69 Å². The maximum atomic E-state index is 13.0. The minimum absolute atomic E-state index is 0.00709. The molecule has 4 rings (SSSR count). The van der Waals surface area contributed by atoms with Gasteiger partial charge >= 0.3 is 0 Å². The van der Waals surface area contributed by atoms with Crippen molar-refractivity contribution in [2.75, 3.05) is 11.1 Å². The molecule has 186 valence electrons. The van der Waals surface area contributed by atoms with Crippen LogP contribution in [0.15, 0.2) is 75.8 Å². The normalized spacial score (nSPS) is 10.8. The van der Waals surface area contributed by atoms with Gasteiger partial charge in [-0.25, -0.2) is 4.68 Å². The number of hydrogen-bond donors (Lipinski definition) is 2. The van der Waals surface area contributed by atoms with E-state index in [0.29, 0.717) is 28.9 Å². The number of para-hydroxylation sites is 1. The highest BCUT2D eigenvalue weighted by Crippen LogP contribution is 2.19. The minimum Gasteiger partial charge on any atom is -0.459 e. The lowest BCUT2D eigenvalue weighted by Gasteiger charge is -2.08. The van der Waals surface area contributed by atoms with Crippen LogP contribution in [-0.4, -0.2) is 41.7 Å². The van der Waals surface area contributed by atoms with Crippen LogP contribution < -0.4 is 16.2 Å². The van der Waals surface area contributed by atoms with Gasteiger partial charge in [0.25, 0.3) is 11.5 Å². The number of aromatic nitrogens is 5. The molecule has 12 heteroatoms. The fourth-order valence-electron chi connectivity index (χ4n) is 3.54. The Kier molecular flexibility index (Phi) is 7.54. The second-order valence-electron chi connectivity index (χ2n) is 7.73. The molecule has 11 nitrogen and oxygen atoms in total. The van der Waals surface area contributed by atoms with Crippen molar-refractivity contribution in [3.63, 3.8) is 0 Å². The van der Waals surface area contributed by atoms with Gasteiger partial charge in [0, 0.05) is 13.6 Å². The lowest BCUT2D eigenvalue weighted by atomic mass is 10.3. The number of nitrogens with one attached hydrogen (secondary N) is 2. The van der Waals surface area contributed by atoms with Crippen LogP contribution in [0.3, 0.4) is 0 Å². The molecule has 0 aliphatic heterocycles. The van der Waals surface area contributed by atoms with Crippen LogP contribution in [0.1, 0.15) is 22.1 Å². The Balaban J connectivity index is 1.43. The van der Waals surface area contributed by atoms with Crippen molar-refractivity contribution in [3.05, 3.63) is 89.0 Å². The van der Waals surface area contributed by atoms with Crippen molar-refractivity contribution < 1.29 is 14.0 Å². The minimum atomic E-state index is -0.374. The first-order valence-corrected chi connectivity index (χ1v) is 12.0. The van der Waals surface area contributed by atoms with Crippen molar-refractivity contribution >= 4 is 29.3 Å². The number of benzene rings is 1. The lowest BCUT2D eigenvalue weighted by molar-refractivity contribution is -0.113. The van der Waals surface area contributed by atoms with Gasteiger partial charge in [-0.05, 0) is 31.2 Å². The van der Waals surface area contributed by atoms with Crippen molar-refractivity contribution in [1.82, 2.24) is 29.4 Å². The molecule has 1 aromatic carbocycles. The van der Waals surface area contributed by atoms with Gasteiger partial charge in [0.2, 0.25) is 5.91 Å². The zero-order chi connectivity index (χ0) is 25.7. The van der Waals surface area contributed by atoms with Gasteiger partial charge in [-0.1, -0.05) is 36.0 Å². The standard InChI is InChI=1S/C24H25N7O4S/c1-4-12-30-19(14-25-22(33)18-11-8-13-35-18)27-28-24(30)36-15-20(32)26-21-16(2)29(3)31(23(21)34)17-9-6-5-7-10-17/h4-11,13H,1,12,14-15H2,2-3H3,(H,25,33)(H,26,32). The van der Waals surface area contributed by atoms with Crippen LogP contribution in [0.25, 0.3) is 5.69 Å². The molecule has 3 aromatic heterocycles. The van der Waals surface area contributed by atoms with E-state index in [1.807, 2.05) is 30.3 Å². The molecule has 3 heterocycles. The maximum Gasteiger partial charge on any atom is 0.295 e. The molecule has 2 amide bonds. The molecular weight excluding hydrogens is 482 g/mol. The van der Waals surface area contributed by atoms with E-state index in [2.05, 4.69) is 27.4 Å². The highest BCUT2D eigenvalue weighted by atomic mass is 32.2. The third-order valence-electron chi connectivity index (χ3n) is 5.41. The number of carbonyl (C=O) groups is 2. The predicted molar refractivity (Wildman–Crippen MR) is 135 cm³/mol. The Morgan fingerprint density at radius 1 is 1.17 bits per heavy atom. The molecule has 0 aliphatic rings. The van der Waals surface area contributed by atoms with Gasteiger partial charge in [0.05, 0.1) is 29.9 Å². The lowest BCUT2D eigenvalue weighted by Crippen LogP contribution is -2.24. The van der Waals surface area contributed by atoms with E-state index in [9.17, 15) is 14.4 Å². The molecule has 0 fully saturated rings. The molecule has 0 saturated heterocycles. The van der Waals surface area contributed by atoms with Crippen LogP contribution in [0.5, 0.6) is 0 Å². The molecule has 4 aromatic rings. The van der Waals surface area contributed by atoms with Gasteiger partial charge in [0.15, 0.2) is 16.7 Å². The largest absolute Gasteiger partial charge is 0.459 e. The number of nitrogens with zero attached hydrogens (tertiary/aromatic N) is 5. The molecule has 36 heavy (non-hydrogen) atoms. The van der Waals surface area contributed by atoms with Crippen molar-refractivity contribution in [2.45, 2.75) is 25.2 Å². The van der Waals surface area contributed by atoms with Gasteiger partial charge in [0.1, 0.15) is 5.69 Å². The Morgan fingerprint density at radius 3 is 2.64 bits per heavy atom. The third kappa shape index (κ3) is 5.18. The molecular formula is C24H25N7O4S. The SMILES string of the molecule is C=CCn1c(CNC(=O)c2ccco2)nnc1SCC(=O)Nc1c(C)n(C)n(-c2ccccc2)c1=O. The molecule has 0 radical (unpaired) electrons. The molecule has 0 unspecified atom stereocenters. The summed E-state index contributed by atoms with van der Waals surface area (Å²) in [5.41, 5.74) is 1.24. The number of amides is 2. The van der Waals surface area contributed by atoms with Crippen LogP contribution in [0, 0.1) is 6.92 Å². The number of rotatable bonds is 10. The van der Waals surface area contributed by atoms with Crippen molar-refractivity contribution in [2.24, 2.45) is 7.05 Å². The number of thioether (sulfide) groups is 1. The van der Waals surface area contributed by atoms with Gasteiger partial charge in [-0.2, -0.15) is 0 Å². The highest BCUT2D eigenvalue weighted by Gasteiger charge is 2.20. The topological polar surface area (TPSA) is 129 Å². The molecule has 0 aliphatic carbocycles. The Bertz CT molecular complexity index is 1440. The van der Waals surface area contributed by atoms with E-state index in [0.717, 1.165) is 0 Å². The molecule has 0 saturated carbocycles. The molecule has 0 spiro atoms. The Hall–Kier alpha value is -4.32. The summed E-state index contributed by atoms with van der Waals surface area (Å²) in [6, 6.07) is 12.4. The summed E-state index contributed by atoms with van der Waals surface area (Å²) >= 11 is 1.17. The monoisotopic (exact) mass is 507 g/mol. The van der Waals surface area contributed by atoms with Crippen LogP contribution in [0.2, 0.25) is 0 Å². The number of allylic oxidation sites excluding steroid dienone is 1. The number of furan rings is 1. The van der Waals surface area contributed by atoms with Gasteiger partial charge in [-0.3, -0.25) is 19.1 Å². The summed E-state index contributed by atoms with van der Waals surface area (Å²) in [7, 11) is 1.76. The van der Waals surface area contributed by atoms with Crippen LogP contribution in [-0.2, 0) is 24.9 Å². The first kappa shape index (κ1) is 24.8. The molecule has 2 N–H and O–H groups in total. The van der Waals surface area contributed by atoms with Gasteiger partial charge in [-0.15, -0.1) is 16.8 Å². The number of carbonyl (C=O) groups excluding carboxylic acids is 2. The summed E-state index contributed by atoms with van der Waals surface area (Å²) < 4.78 is 10.0. The predicted octanol–water partition coefficient (Wildman–Crippen LogP) is 2.52. The van der Waals surface area contributed by atoms with Gasteiger partial charge < -0.3 is 19.6 Å². The third-order valence-corrected chi connectivity index (χ3v) is 6.37. The molecule has 0 atom stereocenters. The van der Waals surface area contributed by atoms with E-state index in [-0.39, 0.29) is 41.1 Å². The highest BCUT2D eigenvalue weighted by molar-refractivity contribution is 7.99. The second kappa shape index (κ2) is 11.0. The summed E-state index contributed by atoms with van der Waals surface area (Å²) in [5, 5.41) is 14.2. The summed E-state index contributed by atoms with van der Waals surface area (Å²) in [6.45, 7) is 6.04. The second-order valence-corrected chi connectivity index (χ2v) is 8.67. The fraction of sp³-hybridized carbons (Fsp3) is 0.208. The number of anilines is 1.